The zero-order valence-corrected chi connectivity index (χ0v) is 14.7. The molecule has 1 heterocycles. The van der Waals surface area contributed by atoms with Gasteiger partial charge in [0.25, 0.3) is 5.91 Å². The summed E-state index contributed by atoms with van der Waals surface area (Å²) in [5, 5.41) is 10.1. The van der Waals surface area contributed by atoms with Crippen molar-refractivity contribution in [3.63, 3.8) is 0 Å². The Labute approximate surface area is 143 Å². The van der Waals surface area contributed by atoms with Gasteiger partial charge >= 0.3 is 0 Å². The van der Waals surface area contributed by atoms with Crippen molar-refractivity contribution >= 4 is 11.6 Å². The Hall–Kier alpha value is -2.40. The highest BCUT2D eigenvalue weighted by atomic mass is 16.1. The number of hydrogen-bond donors (Lipinski definition) is 2. The van der Waals surface area contributed by atoms with Gasteiger partial charge in [-0.05, 0) is 39.1 Å². The van der Waals surface area contributed by atoms with Crippen LogP contribution in [0.15, 0.2) is 42.6 Å². The standard InChI is InChI=1S/C19H26N4O/c1-5-6-10-23(4)13-16-12-20-22-18(16)15-8-7-9-17(11-15)21-19(24)14(2)3/h7-9,11-12H,2,5-6,10,13H2,1,3-4H3,(H,20,22)(H,21,24). The number of H-pyrrole nitrogens is 1. The lowest BCUT2D eigenvalue weighted by Crippen LogP contribution is -2.19. The molecule has 2 rings (SSSR count). The Bertz CT molecular complexity index is 705. The Morgan fingerprint density at radius 2 is 2.21 bits per heavy atom. The van der Waals surface area contributed by atoms with E-state index < -0.39 is 0 Å². The summed E-state index contributed by atoms with van der Waals surface area (Å²) in [6, 6.07) is 7.76. The maximum absolute atomic E-state index is 11.8. The van der Waals surface area contributed by atoms with Crippen LogP contribution in [0.3, 0.4) is 0 Å². The zero-order chi connectivity index (χ0) is 17.5. The lowest BCUT2D eigenvalue weighted by molar-refractivity contribution is -0.112. The van der Waals surface area contributed by atoms with Crippen LogP contribution in [0.25, 0.3) is 11.3 Å². The molecular formula is C19H26N4O. The van der Waals surface area contributed by atoms with E-state index >= 15 is 0 Å². The first-order valence-electron chi connectivity index (χ1n) is 8.29. The van der Waals surface area contributed by atoms with E-state index in [1.54, 1.807) is 6.92 Å². The molecule has 0 aliphatic carbocycles. The van der Waals surface area contributed by atoms with Crippen LogP contribution in [-0.2, 0) is 11.3 Å². The number of hydrogen-bond acceptors (Lipinski definition) is 3. The van der Waals surface area contributed by atoms with Crippen LogP contribution in [-0.4, -0.2) is 34.6 Å². The van der Waals surface area contributed by atoms with Crippen molar-refractivity contribution in [2.45, 2.75) is 33.2 Å². The molecule has 0 aliphatic heterocycles. The average Bonchev–Trinajstić information content (AvgIpc) is 3.01. The quantitative estimate of drug-likeness (QED) is 0.725. The monoisotopic (exact) mass is 326 g/mol. The third kappa shape index (κ3) is 4.80. The second-order valence-electron chi connectivity index (χ2n) is 6.18. The lowest BCUT2D eigenvalue weighted by atomic mass is 10.1. The molecule has 0 fully saturated rings. The first-order chi connectivity index (χ1) is 11.5. The number of anilines is 1. The first-order valence-corrected chi connectivity index (χ1v) is 8.29. The molecule has 0 aliphatic rings. The molecule has 0 bridgehead atoms. The molecule has 128 valence electrons. The van der Waals surface area contributed by atoms with Gasteiger partial charge in [-0.2, -0.15) is 5.10 Å². The van der Waals surface area contributed by atoms with E-state index in [1.165, 1.54) is 12.8 Å². The highest BCUT2D eigenvalue weighted by Crippen LogP contribution is 2.25. The number of benzene rings is 1. The van der Waals surface area contributed by atoms with Crippen molar-refractivity contribution in [1.29, 1.82) is 0 Å². The van der Waals surface area contributed by atoms with Crippen LogP contribution in [0.5, 0.6) is 0 Å². The number of carbonyl (C=O) groups excluding carboxylic acids is 1. The van der Waals surface area contributed by atoms with Gasteiger partial charge in [0, 0.05) is 28.9 Å². The first kappa shape index (κ1) is 17.9. The molecule has 1 aromatic carbocycles. The van der Waals surface area contributed by atoms with Crippen LogP contribution in [0.2, 0.25) is 0 Å². The molecule has 1 amide bonds. The number of unbranched alkanes of at least 4 members (excludes halogenated alkanes) is 1. The van der Waals surface area contributed by atoms with Crippen molar-refractivity contribution in [3.05, 3.63) is 48.2 Å². The maximum Gasteiger partial charge on any atom is 0.250 e. The molecule has 2 aromatic rings. The lowest BCUT2D eigenvalue weighted by Gasteiger charge is -2.16. The fraction of sp³-hybridized carbons (Fsp3) is 0.368. The van der Waals surface area contributed by atoms with E-state index in [0.717, 1.165) is 35.6 Å². The van der Waals surface area contributed by atoms with Gasteiger partial charge in [0.15, 0.2) is 0 Å². The predicted octanol–water partition coefficient (Wildman–Crippen LogP) is 3.82. The van der Waals surface area contributed by atoms with Crippen LogP contribution >= 0.6 is 0 Å². The number of carbonyl (C=O) groups is 1. The van der Waals surface area contributed by atoms with Gasteiger partial charge in [0.2, 0.25) is 0 Å². The van der Waals surface area contributed by atoms with Crippen LogP contribution in [0.4, 0.5) is 5.69 Å². The van der Waals surface area contributed by atoms with E-state index in [-0.39, 0.29) is 5.91 Å². The van der Waals surface area contributed by atoms with Crippen molar-refractivity contribution in [3.8, 4) is 11.3 Å². The summed E-state index contributed by atoms with van der Waals surface area (Å²) in [7, 11) is 2.12. The summed E-state index contributed by atoms with van der Waals surface area (Å²) in [5.41, 5.74) is 4.38. The van der Waals surface area contributed by atoms with Crippen molar-refractivity contribution in [2.75, 3.05) is 18.9 Å². The number of aromatic amines is 1. The molecule has 0 saturated heterocycles. The van der Waals surface area contributed by atoms with Crippen molar-refractivity contribution < 1.29 is 4.79 Å². The fourth-order valence-corrected chi connectivity index (χ4v) is 2.47. The van der Waals surface area contributed by atoms with Gasteiger partial charge in [-0.25, -0.2) is 0 Å². The molecule has 0 saturated carbocycles. The molecular weight excluding hydrogens is 300 g/mol. The predicted molar refractivity (Wildman–Crippen MR) is 98.7 cm³/mol. The Morgan fingerprint density at radius 3 is 2.92 bits per heavy atom. The van der Waals surface area contributed by atoms with Gasteiger partial charge in [-0.3, -0.25) is 9.89 Å². The summed E-state index contributed by atoms with van der Waals surface area (Å²) in [6.07, 6.45) is 4.25. The molecule has 0 spiro atoms. The number of aromatic nitrogens is 2. The van der Waals surface area contributed by atoms with Crippen LogP contribution < -0.4 is 5.32 Å². The van der Waals surface area contributed by atoms with Gasteiger partial charge in [-0.1, -0.05) is 32.1 Å². The summed E-state index contributed by atoms with van der Waals surface area (Å²) in [5.74, 6) is -0.170. The minimum Gasteiger partial charge on any atom is -0.322 e. The zero-order valence-electron chi connectivity index (χ0n) is 14.7. The number of nitrogens with zero attached hydrogens (tertiary/aromatic N) is 2. The van der Waals surface area contributed by atoms with Crippen molar-refractivity contribution in [2.24, 2.45) is 0 Å². The van der Waals surface area contributed by atoms with Crippen molar-refractivity contribution in [1.82, 2.24) is 15.1 Å². The average molecular weight is 326 g/mol. The summed E-state index contributed by atoms with van der Waals surface area (Å²) < 4.78 is 0. The highest BCUT2D eigenvalue weighted by Gasteiger charge is 2.11. The van der Waals surface area contributed by atoms with Gasteiger partial charge in [0.1, 0.15) is 0 Å². The molecule has 0 atom stereocenters. The molecule has 5 nitrogen and oxygen atoms in total. The maximum atomic E-state index is 11.8. The Morgan fingerprint density at radius 1 is 1.42 bits per heavy atom. The van der Waals surface area contributed by atoms with E-state index in [9.17, 15) is 4.79 Å². The number of rotatable bonds is 8. The molecule has 24 heavy (non-hydrogen) atoms. The van der Waals surface area contributed by atoms with Crippen LogP contribution in [0.1, 0.15) is 32.3 Å². The third-order valence-corrected chi connectivity index (χ3v) is 3.85. The fourth-order valence-electron chi connectivity index (χ4n) is 2.47. The number of amides is 1. The van der Waals surface area contributed by atoms with E-state index in [2.05, 4.69) is 41.0 Å². The van der Waals surface area contributed by atoms with Gasteiger partial charge in [0.05, 0.1) is 11.9 Å². The summed E-state index contributed by atoms with van der Waals surface area (Å²) in [4.78, 5) is 14.1. The van der Waals surface area contributed by atoms with Gasteiger partial charge in [-0.15, -0.1) is 0 Å². The SMILES string of the molecule is C=C(C)C(=O)Nc1cccc(-c2[nH]ncc2CN(C)CCCC)c1. The van der Waals surface area contributed by atoms with E-state index in [1.807, 2.05) is 30.5 Å². The topological polar surface area (TPSA) is 61.0 Å². The van der Waals surface area contributed by atoms with E-state index in [4.69, 9.17) is 0 Å². The minimum absolute atomic E-state index is 0.170. The second-order valence-corrected chi connectivity index (χ2v) is 6.18. The molecule has 1 aromatic heterocycles. The second kappa shape index (κ2) is 8.45. The minimum atomic E-state index is -0.170. The summed E-state index contributed by atoms with van der Waals surface area (Å²) in [6.45, 7) is 9.46. The molecule has 2 N–H and O–H groups in total. The summed E-state index contributed by atoms with van der Waals surface area (Å²) >= 11 is 0. The molecule has 0 radical (unpaired) electrons. The third-order valence-electron chi connectivity index (χ3n) is 3.85. The Balaban J connectivity index is 2.16. The number of nitrogens with one attached hydrogen (secondary N) is 2. The van der Waals surface area contributed by atoms with E-state index in [0.29, 0.717) is 5.57 Å². The molecule has 5 heteroatoms. The molecule has 0 unspecified atom stereocenters. The largest absolute Gasteiger partial charge is 0.322 e. The normalized spacial score (nSPS) is 10.8. The van der Waals surface area contributed by atoms with Gasteiger partial charge < -0.3 is 10.2 Å². The smallest absolute Gasteiger partial charge is 0.250 e. The Kier molecular flexibility index (Phi) is 6.32. The highest BCUT2D eigenvalue weighted by molar-refractivity contribution is 6.03. The van der Waals surface area contributed by atoms with Crippen LogP contribution in [0, 0.1) is 0 Å².